The number of Topliss-reactive ketones (excluding diaryl/α,β-unsaturated/α-hetero) is 1. The monoisotopic (exact) mass is 625 g/mol. The molecule has 0 bridgehead atoms. The number of benzene rings is 1. The lowest BCUT2D eigenvalue weighted by molar-refractivity contribution is -0.143. The molecule has 0 aliphatic carbocycles. The number of allylic oxidation sites excluding steroid dienone is 1. The minimum atomic E-state index is -4.91. The van der Waals surface area contributed by atoms with Crippen LogP contribution in [-0.4, -0.2) is 48.3 Å². The van der Waals surface area contributed by atoms with Crippen molar-refractivity contribution in [2.45, 2.75) is 92.7 Å². The van der Waals surface area contributed by atoms with Crippen molar-refractivity contribution in [2.24, 2.45) is 16.8 Å². The van der Waals surface area contributed by atoms with Gasteiger partial charge in [0.15, 0.2) is 11.4 Å². The van der Waals surface area contributed by atoms with Gasteiger partial charge in [-0.25, -0.2) is 0 Å². The van der Waals surface area contributed by atoms with E-state index in [1.165, 1.54) is 6.92 Å². The van der Waals surface area contributed by atoms with Crippen LogP contribution >= 0.6 is 11.8 Å². The zero-order chi connectivity index (χ0) is 32.7. The van der Waals surface area contributed by atoms with E-state index in [2.05, 4.69) is 10.3 Å². The maximum atomic E-state index is 13.5. The Morgan fingerprint density at radius 1 is 1.10 bits per heavy atom. The first-order valence-electron chi connectivity index (χ1n) is 14.3. The Morgan fingerprint density at radius 3 is 2.10 bits per heavy atom. The molecule has 1 aliphatic heterocycles. The van der Waals surface area contributed by atoms with Crippen molar-refractivity contribution in [3.8, 4) is 0 Å². The number of rotatable bonds is 10. The van der Waals surface area contributed by atoms with E-state index in [-0.39, 0.29) is 35.8 Å². The van der Waals surface area contributed by atoms with Crippen LogP contribution in [-0.2, 0) is 28.5 Å². The van der Waals surface area contributed by atoms with Crippen molar-refractivity contribution in [3.05, 3.63) is 45.9 Å². The lowest BCUT2D eigenvalue weighted by Gasteiger charge is -2.32. The van der Waals surface area contributed by atoms with E-state index in [4.69, 9.17) is 0 Å². The fourth-order valence-electron chi connectivity index (χ4n) is 4.39. The summed E-state index contributed by atoms with van der Waals surface area (Å²) in [6.45, 7) is 14.1. The van der Waals surface area contributed by atoms with Crippen molar-refractivity contribution in [1.29, 1.82) is 0 Å². The van der Waals surface area contributed by atoms with Gasteiger partial charge in [0, 0.05) is 13.6 Å². The number of amidine groups is 1. The molecule has 0 spiro atoms. The van der Waals surface area contributed by atoms with E-state index in [9.17, 15) is 35.9 Å². The molecule has 1 aromatic rings. The van der Waals surface area contributed by atoms with E-state index in [0.717, 1.165) is 24.2 Å². The van der Waals surface area contributed by atoms with Gasteiger partial charge in [0.25, 0.3) is 0 Å². The number of hydrogen-bond acceptors (Lipinski definition) is 5. The largest absolute Gasteiger partial charge is 0.416 e. The Morgan fingerprint density at radius 2 is 1.67 bits per heavy atom. The summed E-state index contributed by atoms with van der Waals surface area (Å²) in [6.07, 6.45) is -5.98. The highest BCUT2D eigenvalue weighted by Gasteiger charge is 2.38. The van der Waals surface area contributed by atoms with E-state index >= 15 is 0 Å². The summed E-state index contributed by atoms with van der Waals surface area (Å²) in [4.78, 5) is 30.1. The standard InChI is InChI=1S/C26H33F6N3O2S.2C2H6/c1-5-16(2)23(17(3)37)34-24(33-4)22(38-15-36)12-18-8-10-35(11-9-18)14-19-6-7-20(25(27,28)29)13-21(19)26(30,31)32;2*1-2/h6-7,12-13,15-16,18,23H,5,8-11,14H2,1-4H3,(H,33,34);2*1-2H3/b22-12-;;/t16-,23?;;/m0../s1. The average Bonchev–Trinajstić information content (AvgIpc) is 2.95. The van der Waals surface area contributed by atoms with Gasteiger partial charge in [-0.15, -0.1) is 0 Å². The van der Waals surface area contributed by atoms with Crippen molar-refractivity contribution in [1.82, 2.24) is 10.2 Å². The van der Waals surface area contributed by atoms with Gasteiger partial charge in [-0.05, 0) is 62.4 Å². The van der Waals surface area contributed by atoms with Gasteiger partial charge in [-0.2, -0.15) is 26.3 Å². The van der Waals surface area contributed by atoms with E-state index in [1.54, 1.807) is 11.9 Å². The van der Waals surface area contributed by atoms with E-state index < -0.39 is 29.5 Å². The Labute approximate surface area is 250 Å². The molecule has 1 N–H and O–H groups in total. The molecule has 1 aromatic carbocycles. The molecule has 5 nitrogen and oxygen atoms in total. The number of ketones is 1. The summed E-state index contributed by atoms with van der Waals surface area (Å²) in [5.74, 6) is 0.415. The van der Waals surface area contributed by atoms with Crippen molar-refractivity contribution < 1.29 is 35.9 Å². The quantitative estimate of drug-likeness (QED) is 0.122. The first kappa shape index (κ1) is 39.7. The van der Waals surface area contributed by atoms with Gasteiger partial charge in [0.2, 0.25) is 0 Å². The molecular weight excluding hydrogens is 580 g/mol. The van der Waals surface area contributed by atoms with Crippen molar-refractivity contribution >= 4 is 29.0 Å². The fourth-order valence-corrected chi connectivity index (χ4v) is 5.02. The van der Waals surface area contributed by atoms with Crippen molar-refractivity contribution in [3.63, 3.8) is 0 Å². The van der Waals surface area contributed by atoms with Gasteiger partial charge < -0.3 is 5.32 Å². The third kappa shape index (κ3) is 12.5. The van der Waals surface area contributed by atoms with Gasteiger partial charge in [0.1, 0.15) is 5.84 Å². The van der Waals surface area contributed by atoms with Gasteiger partial charge in [-0.3, -0.25) is 19.5 Å². The molecule has 2 rings (SSSR count). The molecule has 0 radical (unpaired) electrons. The second kappa shape index (κ2) is 19.0. The fraction of sp³-hybridized carbons (Fsp3) is 0.633. The summed E-state index contributed by atoms with van der Waals surface area (Å²) in [7, 11) is 1.56. The molecule has 1 saturated heterocycles. The highest BCUT2D eigenvalue weighted by atomic mass is 32.2. The second-order valence-electron chi connectivity index (χ2n) is 9.42. The predicted octanol–water partition coefficient (Wildman–Crippen LogP) is 8.42. The maximum Gasteiger partial charge on any atom is 0.416 e. The molecule has 42 heavy (non-hydrogen) atoms. The highest BCUT2D eigenvalue weighted by Crippen LogP contribution is 2.38. The molecular formula is C30H45F6N3O2S. The molecule has 0 saturated carbocycles. The number of alkyl halides is 6. The van der Waals surface area contributed by atoms with Crippen molar-refractivity contribution in [2.75, 3.05) is 20.1 Å². The maximum absolute atomic E-state index is 13.5. The van der Waals surface area contributed by atoms with Gasteiger partial charge >= 0.3 is 12.4 Å². The van der Waals surface area contributed by atoms with Gasteiger partial charge in [-0.1, -0.05) is 71.9 Å². The third-order valence-electron chi connectivity index (χ3n) is 6.73. The van der Waals surface area contributed by atoms with E-state index in [0.29, 0.717) is 48.4 Å². The summed E-state index contributed by atoms with van der Waals surface area (Å²) in [6, 6.07) is 1.27. The van der Waals surface area contributed by atoms with Crippen LogP contribution in [0, 0.1) is 11.8 Å². The Hall–Kier alpha value is -2.34. The zero-order valence-corrected chi connectivity index (χ0v) is 26.6. The first-order valence-corrected chi connectivity index (χ1v) is 15.1. The normalized spacial score (nSPS) is 16.8. The summed E-state index contributed by atoms with van der Waals surface area (Å²) in [5, 5.41) is 3.16. The Kier molecular flexibility index (Phi) is 18.0. The molecule has 12 heteroatoms. The van der Waals surface area contributed by atoms with Crippen LogP contribution in [0.4, 0.5) is 26.3 Å². The van der Waals surface area contributed by atoms with Crippen LogP contribution < -0.4 is 5.32 Å². The number of carbonyl (C=O) groups is 2. The van der Waals surface area contributed by atoms with Crippen LogP contribution in [0.1, 0.15) is 84.4 Å². The molecule has 1 heterocycles. The minimum Gasteiger partial charge on any atom is -0.359 e. The number of piperidine rings is 1. The number of nitrogens with one attached hydrogen (secondary N) is 1. The SMILES string of the molecule is CC.CC.CC[C@H](C)C(NC(=NC)/C(=C/C1CCN(Cc2ccc(C(F)(F)F)cc2C(F)(F)F)CC1)SC=O)C(C)=O. The molecule has 0 amide bonds. The predicted molar refractivity (Wildman–Crippen MR) is 160 cm³/mol. The Balaban J connectivity index is 0.00000402. The molecule has 240 valence electrons. The first-order chi connectivity index (χ1) is 19.7. The van der Waals surface area contributed by atoms with Crippen LogP contribution in [0.25, 0.3) is 0 Å². The van der Waals surface area contributed by atoms with Crippen LogP contribution in [0.3, 0.4) is 0 Å². The number of thioether (sulfide) groups is 1. The molecule has 1 aliphatic rings. The number of likely N-dealkylation sites (tertiary alicyclic amines) is 1. The van der Waals surface area contributed by atoms with E-state index in [1.807, 2.05) is 47.6 Å². The van der Waals surface area contributed by atoms with Crippen LogP contribution in [0.5, 0.6) is 0 Å². The lowest BCUT2D eigenvalue weighted by atomic mass is 9.94. The topological polar surface area (TPSA) is 61.8 Å². The summed E-state index contributed by atoms with van der Waals surface area (Å²) >= 11 is 0.933. The van der Waals surface area contributed by atoms with Crippen LogP contribution in [0.2, 0.25) is 0 Å². The summed E-state index contributed by atoms with van der Waals surface area (Å²) in [5.41, 5.74) is -2.15. The highest BCUT2D eigenvalue weighted by molar-refractivity contribution is 8.16. The number of halogens is 6. The molecule has 2 atom stereocenters. The Bertz CT molecular complexity index is 1030. The third-order valence-corrected chi connectivity index (χ3v) is 7.41. The molecule has 1 unspecified atom stereocenters. The summed E-state index contributed by atoms with van der Waals surface area (Å²) < 4.78 is 79.4. The van der Waals surface area contributed by atoms with Gasteiger partial charge in [0.05, 0.1) is 22.1 Å². The smallest absolute Gasteiger partial charge is 0.359 e. The minimum absolute atomic E-state index is 0.00122. The number of carbonyl (C=O) groups excluding carboxylic acids is 2. The number of aliphatic imine (C=N–C) groups is 1. The lowest BCUT2D eigenvalue weighted by Crippen LogP contribution is -2.44. The number of nitrogens with zero attached hydrogens (tertiary/aromatic N) is 2. The number of hydrogen-bond donors (Lipinski definition) is 1. The van der Waals surface area contributed by atoms with Crippen LogP contribution in [0.15, 0.2) is 34.2 Å². The molecule has 1 fully saturated rings. The second-order valence-corrected chi connectivity index (χ2v) is 10.3. The molecule has 0 aromatic heterocycles. The zero-order valence-electron chi connectivity index (χ0n) is 25.7. The average molecular weight is 626 g/mol.